The molecule has 2 aromatic rings. The van der Waals surface area contributed by atoms with Gasteiger partial charge in [0, 0.05) is 27.5 Å². The summed E-state index contributed by atoms with van der Waals surface area (Å²) < 4.78 is 3.06. The minimum absolute atomic E-state index is 0.540. The molecule has 2 aliphatic carbocycles. The quantitative estimate of drug-likeness (QED) is 0.445. The van der Waals surface area contributed by atoms with E-state index in [2.05, 4.69) is 64.5 Å². The maximum Gasteiger partial charge on any atom is 0.206 e. The molecule has 2 aliphatic rings. The second-order valence-corrected chi connectivity index (χ2v) is 8.87. The monoisotopic (exact) mass is 427 g/mol. The highest BCUT2D eigenvalue weighted by Crippen LogP contribution is 2.42. The molecular weight excluding hydrogens is 406 g/mol. The predicted octanol–water partition coefficient (Wildman–Crippen LogP) is 5.50. The summed E-state index contributed by atoms with van der Waals surface area (Å²) in [5.74, 6) is 1.95. The molecule has 3 nitrogen and oxygen atoms in total. The van der Waals surface area contributed by atoms with Gasteiger partial charge in [-0.25, -0.2) is 4.68 Å². The summed E-state index contributed by atoms with van der Waals surface area (Å²) in [5, 5.41) is 7.02. The number of rotatable bonds is 5. The second kappa shape index (κ2) is 7.49. The van der Waals surface area contributed by atoms with Crippen LogP contribution in [0, 0.1) is 17.8 Å². The summed E-state index contributed by atoms with van der Waals surface area (Å²) in [4.78, 5) is 5.62. The van der Waals surface area contributed by atoms with E-state index >= 15 is 0 Å². The number of aromatic nitrogens is 1. The Morgan fingerprint density at radius 1 is 1.35 bits per heavy atom. The van der Waals surface area contributed by atoms with Crippen molar-refractivity contribution in [2.45, 2.75) is 19.8 Å². The first-order valence-electron chi connectivity index (χ1n) is 8.95. The summed E-state index contributed by atoms with van der Waals surface area (Å²) in [6, 6.07) is 8.26. The van der Waals surface area contributed by atoms with Crippen LogP contribution in [0.3, 0.4) is 0 Å². The highest BCUT2D eigenvalue weighted by atomic mass is 79.9. The Labute approximate surface area is 166 Å². The average Bonchev–Trinajstić information content (AvgIpc) is 3.34. The summed E-state index contributed by atoms with van der Waals surface area (Å²) in [6.45, 7) is 6.59. The first-order chi connectivity index (χ1) is 12.6. The molecule has 5 heteroatoms. The van der Waals surface area contributed by atoms with Crippen molar-refractivity contribution in [1.82, 2.24) is 4.68 Å². The van der Waals surface area contributed by atoms with E-state index in [0.29, 0.717) is 18.4 Å². The number of benzene rings is 1. The molecule has 1 fully saturated rings. The van der Waals surface area contributed by atoms with Crippen molar-refractivity contribution < 1.29 is 0 Å². The maximum atomic E-state index is 4.89. The molecule has 1 aromatic carbocycles. The molecule has 3 unspecified atom stereocenters. The van der Waals surface area contributed by atoms with Crippen molar-refractivity contribution in [3.8, 4) is 11.3 Å². The summed E-state index contributed by atoms with van der Waals surface area (Å²) in [6.07, 6.45) is 9.38. The summed E-state index contributed by atoms with van der Waals surface area (Å²) in [5.41, 5.74) is 3.25. The van der Waals surface area contributed by atoms with E-state index < -0.39 is 0 Å². The van der Waals surface area contributed by atoms with Crippen LogP contribution in [-0.2, 0) is 0 Å². The number of hydrogen-bond acceptors (Lipinski definition) is 3. The molecule has 3 atom stereocenters. The Kier molecular flexibility index (Phi) is 5.09. The third-order valence-corrected chi connectivity index (χ3v) is 6.57. The Hall–Kier alpha value is -1.72. The van der Waals surface area contributed by atoms with E-state index in [9.17, 15) is 0 Å². The van der Waals surface area contributed by atoms with Gasteiger partial charge in [-0.3, -0.25) is 4.99 Å². The van der Waals surface area contributed by atoms with E-state index in [4.69, 9.17) is 10.1 Å². The van der Waals surface area contributed by atoms with Gasteiger partial charge < -0.3 is 0 Å². The van der Waals surface area contributed by atoms with Gasteiger partial charge in [-0.2, -0.15) is 5.10 Å². The first kappa shape index (κ1) is 17.7. The molecule has 0 spiro atoms. The SMILES string of the molecule is C=C(C)CN=c1scc(-c2ccccc2Br)n1N=CC1CC2C=CC1C2. The molecular formula is C21H22BrN3S. The fraction of sp³-hybridized carbons (Fsp3) is 0.333. The van der Waals surface area contributed by atoms with Gasteiger partial charge in [-0.1, -0.05) is 58.4 Å². The lowest BCUT2D eigenvalue weighted by atomic mass is 9.95. The molecule has 0 saturated heterocycles. The van der Waals surface area contributed by atoms with Crippen LogP contribution in [0.2, 0.25) is 0 Å². The zero-order valence-corrected chi connectivity index (χ0v) is 17.2. The molecule has 0 amide bonds. The lowest BCUT2D eigenvalue weighted by molar-refractivity contribution is 0.589. The number of thiazole rings is 1. The van der Waals surface area contributed by atoms with Crippen molar-refractivity contribution in [3.05, 3.63) is 63.2 Å². The molecule has 2 bridgehead atoms. The molecule has 1 aromatic heterocycles. The largest absolute Gasteiger partial charge is 0.253 e. The molecule has 0 N–H and O–H groups in total. The fourth-order valence-corrected chi connectivity index (χ4v) is 5.04. The molecule has 1 saturated carbocycles. The van der Waals surface area contributed by atoms with Gasteiger partial charge in [0.05, 0.1) is 12.2 Å². The number of nitrogens with zero attached hydrogens (tertiary/aromatic N) is 3. The van der Waals surface area contributed by atoms with Crippen LogP contribution in [0.5, 0.6) is 0 Å². The predicted molar refractivity (Wildman–Crippen MR) is 113 cm³/mol. The van der Waals surface area contributed by atoms with Crippen molar-refractivity contribution in [1.29, 1.82) is 0 Å². The Balaban J connectivity index is 1.73. The van der Waals surface area contributed by atoms with Gasteiger partial charge >= 0.3 is 0 Å². The lowest BCUT2D eigenvalue weighted by Crippen LogP contribution is -2.15. The van der Waals surface area contributed by atoms with Crippen molar-refractivity contribution in [2.75, 3.05) is 6.54 Å². The fourth-order valence-electron chi connectivity index (χ4n) is 3.72. The number of fused-ring (bicyclic) bond motifs is 2. The van der Waals surface area contributed by atoms with E-state index in [1.165, 1.54) is 12.8 Å². The van der Waals surface area contributed by atoms with Gasteiger partial charge in [0.25, 0.3) is 0 Å². The third-order valence-electron chi connectivity index (χ3n) is 5.02. The smallest absolute Gasteiger partial charge is 0.206 e. The molecule has 26 heavy (non-hydrogen) atoms. The Bertz CT molecular complexity index is 950. The number of halogens is 1. The van der Waals surface area contributed by atoms with Crippen molar-refractivity contribution in [3.63, 3.8) is 0 Å². The van der Waals surface area contributed by atoms with Gasteiger partial charge in [-0.05, 0) is 37.7 Å². The van der Waals surface area contributed by atoms with Gasteiger partial charge in [0.1, 0.15) is 0 Å². The zero-order valence-electron chi connectivity index (χ0n) is 14.8. The third kappa shape index (κ3) is 3.55. The number of hydrogen-bond donors (Lipinski definition) is 0. The van der Waals surface area contributed by atoms with Crippen LogP contribution in [0.25, 0.3) is 11.3 Å². The van der Waals surface area contributed by atoms with Crippen LogP contribution in [0.15, 0.2) is 68.5 Å². The molecule has 1 heterocycles. The van der Waals surface area contributed by atoms with Crippen molar-refractivity contribution in [2.24, 2.45) is 27.8 Å². The molecule has 0 aliphatic heterocycles. The Morgan fingerprint density at radius 3 is 2.88 bits per heavy atom. The van der Waals surface area contributed by atoms with E-state index in [0.717, 1.165) is 32.0 Å². The summed E-state index contributed by atoms with van der Waals surface area (Å²) >= 11 is 5.29. The number of allylic oxidation sites excluding steroid dienone is 2. The highest BCUT2D eigenvalue weighted by Gasteiger charge is 2.34. The minimum atomic E-state index is 0.540. The average molecular weight is 428 g/mol. The van der Waals surface area contributed by atoms with Crippen LogP contribution in [-0.4, -0.2) is 17.4 Å². The molecule has 0 radical (unpaired) electrons. The van der Waals surface area contributed by atoms with Crippen LogP contribution in [0.4, 0.5) is 0 Å². The van der Waals surface area contributed by atoms with Crippen molar-refractivity contribution >= 4 is 33.5 Å². The van der Waals surface area contributed by atoms with E-state index in [1.54, 1.807) is 11.3 Å². The van der Waals surface area contributed by atoms with Gasteiger partial charge in [-0.15, -0.1) is 11.3 Å². The maximum absolute atomic E-state index is 4.89. The van der Waals surface area contributed by atoms with Gasteiger partial charge in [0.2, 0.25) is 4.80 Å². The van der Waals surface area contributed by atoms with E-state index in [1.807, 2.05) is 17.7 Å². The van der Waals surface area contributed by atoms with Crippen LogP contribution < -0.4 is 4.80 Å². The van der Waals surface area contributed by atoms with Crippen LogP contribution in [0.1, 0.15) is 19.8 Å². The second-order valence-electron chi connectivity index (χ2n) is 7.18. The summed E-state index contributed by atoms with van der Waals surface area (Å²) in [7, 11) is 0. The van der Waals surface area contributed by atoms with Gasteiger partial charge in [0.15, 0.2) is 0 Å². The highest BCUT2D eigenvalue weighted by molar-refractivity contribution is 9.10. The topological polar surface area (TPSA) is 29.6 Å². The van der Waals surface area contributed by atoms with E-state index in [-0.39, 0.29) is 0 Å². The minimum Gasteiger partial charge on any atom is -0.253 e. The Morgan fingerprint density at radius 2 is 2.19 bits per heavy atom. The zero-order chi connectivity index (χ0) is 18.1. The molecule has 4 rings (SSSR count). The molecule has 134 valence electrons. The van der Waals surface area contributed by atoms with Crippen LogP contribution >= 0.6 is 27.3 Å². The standard InChI is InChI=1S/C21H22BrN3S/c1-14(2)11-23-21-25(24-12-17-10-15-7-8-16(17)9-15)20(13-26-21)18-5-3-4-6-19(18)22/h3-8,12-13,15-17H,1,9-11H2,2H3. The normalized spacial score (nSPS) is 24.8. The lowest BCUT2D eigenvalue weighted by Gasteiger charge is -2.13. The first-order valence-corrected chi connectivity index (χ1v) is 10.6.